The molecule has 68 valence electrons. The van der Waals surface area contributed by atoms with Crippen LogP contribution in [0, 0.1) is 5.92 Å². The Morgan fingerprint density at radius 2 is 1.92 bits per heavy atom. The summed E-state index contributed by atoms with van der Waals surface area (Å²) in [6, 6.07) is 0. The molecule has 0 rings (SSSR count). The van der Waals surface area contributed by atoms with Gasteiger partial charge in [0.1, 0.15) is 0 Å². The van der Waals surface area contributed by atoms with Crippen molar-refractivity contribution in [1.82, 2.24) is 0 Å². The fourth-order valence-corrected chi connectivity index (χ4v) is 0.768. The Morgan fingerprint density at radius 1 is 1.42 bits per heavy atom. The standard InChI is InChI=1S/C8H12O4/c1-3-5(2)6(8(11)12)4-7(9)10/h4-5H,3H2,1-2H3,(H,9,10)(H,11,12)/b6-4-/t5-/m1/s1. The first kappa shape index (κ1) is 10.7. The van der Waals surface area contributed by atoms with Crippen molar-refractivity contribution in [2.45, 2.75) is 20.3 Å². The van der Waals surface area contributed by atoms with E-state index in [0.717, 1.165) is 6.08 Å². The molecular formula is C8H12O4. The van der Waals surface area contributed by atoms with Gasteiger partial charge in [0, 0.05) is 11.6 Å². The van der Waals surface area contributed by atoms with Gasteiger partial charge in [0.2, 0.25) is 0 Å². The highest BCUT2D eigenvalue weighted by molar-refractivity contribution is 5.94. The molecule has 0 bridgehead atoms. The molecule has 4 nitrogen and oxygen atoms in total. The second kappa shape index (κ2) is 4.54. The lowest BCUT2D eigenvalue weighted by molar-refractivity contribution is -0.135. The first-order valence-corrected chi connectivity index (χ1v) is 3.66. The SMILES string of the molecule is CC[C@@H](C)/C(=C/C(=O)O)C(=O)O. The van der Waals surface area contributed by atoms with Crippen molar-refractivity contribution in [3.8, 4) is 0 Å². The normalized spacial score (nSPS) is 14.0. The molecule has 1 atom stereocenters. The molecule has 0 aliphatic carbocycles. The minimum absolute atomic E-state index is 0.0509. The monoisotopic (exact) mass is 172 g/mol. The molecule has 0 fully saturated rings. The highest BCUT2D eigenvalue weighted by atomic mass is 16.4. The Hall–Kier alpha value is -1.32. The molecule has 12 heavy (non-hydrogen) atoms. The molecule has 0 radical (unpaired) electrons. The fraction of sp³-hybridized carbons (Fsp3) is 0.500. The van der Waals surface area contributed by atoms with Crippen LogP contribution in [0.25, 0.3) is 0 Å². The van der Waals surface area contributed by atoms with E-state index < -0.39 is 11.9 Å². The molecule has 0 aromatic carbocycles. The van der Waals surface area contributed by atoms with E-state index in [-0.39, 0.29) is 11.5 Å². The highest BCUT2D eigenvalue weighted by Gasteiger charge is 2.15. The fourth-order valence-electron chi connectivity index (χ4n) is 0.768. The van der Waals surface area contributed by atoms with Gasteiger partial charge in [-0.3, -0.25) is 0 Å². The van der Waals surface area contributed by atoms with Crippen molar-refractivity contribution in [3.63, 3.8) is 0 Å². The van der Waals surface area contributed by atoms with E-state index in [1.165, 1.54) is 0 Å². The Kier molecular flexibility index (Phi) is 4.04. The summed E-state index contributed by atoms with van der Waals surface area (Å²) in [5.41, 5.74) is -0.0509. The number of carbonyl (C=O) groups is 2. The molecule has 0 amide bonds. The zero-order chi connectivity index (χ0) is 9.72. The zero-order valence-electron chi connectivity index (χ0n) is 7.07. The lowest BCUT2D eigenvalue weighted by Gasteiger charge is -2.07. The van der Waals surface area contributed by atoms with Crippen LogP contribution in [0.2, 0.25) is 0 Å². The van der Waals surface area contributed by atoms with Crippen LogP contribution in [0.1, 0.15) is 20.3 Å². The summed E-state index contributed by atoms with van der Waals surface area (Å²) in [6.45, 7) is 3.49. The molecule has 0 saturated heterocycles. The van der Waals surface area contributed by atoms with Crippen LogP contribution >= 0.6 is 0 Å². The maximum absolute atomic E-state index is 10.5. The molecule has 0 spiro atoms. The van der Waals surface area contributed by atoms with Crippen LogP contribution in [0.5, 0.6) is 0 Å². The van der Waals surface area contributed by atoms with Crippen molar-refractivity contribution in [3.05, 3.63) is 11.6 Å². The molecule has 2 N–H and O–H groups in total. The summed E-state index contributed by atoms with van der Waals surface area (Å²) in [6.07, 6.45) is 1.36. The second-order valence-electron chi connectivity index (χ2n) is 2.55. The summed E-state index contributed by atoms with van der Waals surface area (Å²) in [4.78, 5) is 20.7. The maximum atomic E-state index is 10.5. The van der Waals surface area contributed by atoms with Gasteiger partial charge in [-0.05, 0) is 12.3 Å². The maximum Gasteiger partial charge on any atom is 0.332 e. The topological polar surface area (TPSA) is 74.6 Å². The largest absolute Gasteiger partial charge is 0.478 e. The number of carboxylic acid groups (broad SMARTS) is 2. The van der Waals surface area contributed by atoms with Gasteiger partial charge in [0.05, 0.1) is 0 Å². The molecule has 0 aromatic rings. The highest BCUT2D eigenvalue weighted by Crippen LogP contribution is 2.13. The third-order valence-corrected chi connectivity index (χ3v) is 1.67. The lowest BCUT2D eigenvalue weighted by atomic mass is 9.98. The molecule has 0 aliphatic rings. The second-order valence-corrected chi connectivity index (χ2v) is 2.55. The summed E-state index contributed by atoms with van der Waals surface area (Å²) in [7, 11) is 0. The average molecular weight is 172 g/mol. The van der Waals surface area contributed by atoms with Crippen molar-refractivity contribution in [2.75, 3.05) is 0 Å². The summed E-state index contributed by atoms with van der Waals surface area (Å²) < 4.78 is 0. The Balaban J connectivity index is 4.66. The Morgan fingerprint density at radius 3 is 2.17 bits per heavy atom. The first-order valence-electron chi connectivity index (χ1n) is 3.66. The van der Waals surface area contributed by atoms with Gasteiger partial charge in [-0.15, -0.1) is 0 Å². The van der Waals surface area contributed by atoms with Crippen LogP contribution in [0.3, 0.4) is 0 Å². The van der Waals surface area contributed by atoms with Crippen molar-refractivity contribution >= 4 is 11.9 Å². The molecule has 0 heterocycles. The smallest absolute Gasteiger partial charge is 0.332 e. The number of carboxylic acids is 2. The van der Waals surface area contributed by atoms with Crippen LogP contribution in [-0.4, -0.2) is 22.2 Å². The van der Waals surface area contributed by atoms with Gasteiger partial charge in [-0.1, -0.05) is 13.8 Å². The lowest BCUT2D eigenvalue weighted by Crippen LogP contribution is -2.11. The number of hydrogen-bond acceptors (Lipinski definition) is 2. The average Bonchev–Trinajstić information content (AvgIpc) is 1.98. The van der Waals surface area contributed by atoms with E-state index in [0.29, 0.717) is 6.42 Å². The zero-order valence-corrected chi connectivity index (χ0v) is 7.07. The Bertz CT molecular complexity index is 217. The molecule has 0 aromatic heterocycles. The van der Waals surface area contributed by atoms with Crippen molar-refractivity contribution < 1.29 is 19.8 Å². The summed E-state index contributed by atoms with van der Waals surface area (Å²) in [5, 5.41) is 16.9. The van der Waals surface area contributed by atoms with Gasteiger partial charge in [0.25, 0.3) is 0 Å². The van der Waals surface area contributed by atoms with E-state index in [4.69, 9.17) is 10.2 Å². The minimum atomic E-state index is -1.22. The van der Waals surface area contributed by atoms with E-state index in [1.54, 1.807) is 6.92 Å². The molecule has 0 saturated carbocycles. The molecule has 4 heteroatoms. The van der Waals surface area contributed by atoms with E-state index >= 15 is 0 Å². The van der Waals surface area contributed by atoms with Gasteiger partial charge in [-0.25, -0.2) is 9.59 Å². The molecular weight excluding hydrogens is 160 g/mol. The number of aliphatic carboxylic acids is 2. The predicted molar refractivity (Wildman–Crippen MR) is 42.8 cm³/mol. The first-order chi connectivity index (χ1) is 5.49. The summed E-state index contributed by atoms with van der Waals surface area (Å²) in [5.74, 6) is -2.60. The quantitative estimate of drug-likeness (QED) is 0.623. The number of rotatable bonds is 4. The van der Waals surface area contributed by atoms with Gasteiger partial charge in [-0.2, -0.15) is 0 Å². The third-order valence-electron chi connectivity index (χ3n) is 1.67. The predicted octanol–water partition coefficient (Wildman–Crippen LogP) is 1.13. The minimum Gasteiger partial charge on any atom is -0.478 e. The van der Waals surface area contributed by atoms with Crippen LogP contribution in [-0.2, 0) is 9.59 Å². The van der Waals surface area contributed by atoms with Crippen molar-refractivity contribution in [1.29, 1.82) is 0 Å². The van der Waals surface area contributed by atoms with E-state index in [9.17, 15) is 9.59 Å². The van der Waals surface area contributed by atoms with Crippen LogP contribution < -0.4 is 0 Å². The summed E-state index contributed by atoms with van der Waals surface area (Å²) >= 11 is 0. The van der Waals surface area contributed by atoms with Crippen molar-refractivity contribution in [2.24, 2.45) is 5.92 Å². The van der Waals surface area contributed by atoms with Gasteiger partial charge in [0.15, 0.2) is 0 Å². The Labute approximate surface area is 70.5 Å². The molecule has 0 unspecified atom stereocenters. The van der Waals surface area contributed by atoms with E-state index in [1.807, 2.05) is 6.92 Å². The number of hydrogen-bond donors (Lipinski definition) is 2. The molecule has 0 aliphatic heterocycles. The van der Waals surface area contributed by atoms with Crippen LogP contribution in [0.4, 0.5) is 0 Å². The van der Waals surface area contributed by atoms with Gasteiger partial charge >= 0.3 is 11.9 Å². The third kappa shape index (κ3) is 3.18. The van der Waals surface area contributed by atoms with E-state index in [2.05, 4.69) is 0 Å². The van der Waals surface area contributed by atoms with Gasteiger partial charge < -0.3 is 10.2 Å². The van der Waals surface area contributed by atoms with Crippen LogP contribution in [0.15, 0.2) is 11.6 Å².